The Kier molecular flexibility index (Phi) is 12.3. The van der Waals surface area contributed by atoms with Crippen LogP contribution in [0.4, 0.5) is 0 Å². The second-order valence-corrected chi connectivity index (χ2v) is 7.68. The first-order valence-corrected chi connectivity index (χ1v) is 9.25. The van der Waals surface area contributed by atoms with Gasteiger partial charge in [-0.2, -0.15) is 0 Å². The lowest BCUT2D eigenvalue weighted by molar-refractivity contribution is -0.121. The molecule has 0 spiro atoms. The minimum absolute atomic E-state index is 0. The van der Waals surface area contributed by atoms with Crippen LogP contribution in [0.1, 0.15) is 33.3 Å². The van der Waals surface area contributed by atoms with Crippen molar-refractivity contribution in [2.24, 2.45) is 4.99 Å². The minimum atomic E-state index is -0.246. The van der Waals surface area contributed by atoms with Gasteiger partial charge in [0.15, 0.2) is 5.96 Å². The van der Waals surface area contributed by atoms with Gasteiger partial charge in [0.25, 0.3) is 0 Å². The molecule has 1 aromatic rings. The van der Waals surface area contributed by atoms with Gasteiger partial charge < -0.3 is 20.9 Å². The molecule has 3 N–H and O–H groups in total. The number of benzene rings is 1. The third kappa shape index (κ3) is 11.9. The summed E-state index contributed by atoms with van der Waals surface area (Å²) >= 11 is 0. The number of amides is 1. The molecule has 1 amide bonds. The fourth-order valence-corrected chi connectivity index (χ4v) is 2.49. The Hall–Kier alpha value is -1.35. The van der Waals surface area contributed by atoms with Crippen molar-refractivity contribution in [2.45, 2.75) is 45.7 Å². The molecular weight excluding hydrogens is 453 g/mol. The van der Waals surface area contributed by atoms with Gasteiger partial charge in [0.1, 0.15) is 6.54 Å². The molecule has 0 saturated carbocycles. The molecule has 1 aromatic carbocycles. The Balaban J connectivity index is 0.00000676. The van der Waals surface area contributed by atoms with Crippen molar-refractivity contribution in [3.8, 4) is 0 Å². The lowest BCUT2D eigenvalue weighted by atomic mass is 10.1. The highest BCUT2D eigenvalue weighted by Crippen LogP contribution is 2.06. The third-order valence-electron chi connectivity index (χ3n) is 3.79. The lowest BCUT2D eigenvalue weighted by Gasteiger charge is -2.26. The molecule has 27 heavy (non-hydrogen) atoms. The summed E-state index contributed by atoms with van der Waals surface area (Å²) < 4.78 is 0. The standard InChI is InChI=1S/C20H35N5O.HI/c1-7-21-19(23-15-18(26)24-20(2,3)4)22-14-17(25(5)6)13-16-11-9-8-10-12-16;/h8-12,17H,7,13-15H2,1-6H3,(H,24,26)(H2,21,22,23);1H. The van der Waals surface area contributed by atoms with E-state index >= 15 is 0 Å². The first kappa shape index (κ1) is 25.6. The number of nitrogens with one attached hydrogen (secondary N) is 3. The number of aliphatic imine (C=N–C) groups is 1. The van der Waals surface area contributed by atoms with Crippen LogP contribution in [0.5, 0.6) is 0 Å². The van der Waals surface area contributed by atoms with Crippen molar-refractivity contribution < 1.29 is 4.79 Å². The van der Waals surface area contributed by atoms with Gasteiger partial charge in [-0.25, -0.2) is 4.99 Å². The third-order valence-corrected chi connectivity index (χ3v) is 3.79. The highest BCUT2D eigenvalue weighted by atomic mass is 127. The molecule has 6 nitrogen and oxygen atoms in total. The monoisotopic (exact) mass is 489 g/mol. The summed E-state index contributed by atoms with van der Waals surface area (Å²) in [7, 11) is 4.16. The van der Waals surface area contributed by atoms with E-state index in [4.69, 9.17) is 0 Å². The smallest absolute Gasteiger partial charge is 0.242 e. The number of carbonyl (C=O) groups excluding carboxylic acids is 1. The van der Waals surface area contributed by atoms with Gasteiger partial charge in [0.2, 0.25) is 5.91 Å². The Morgan fingerprint density at radius 2 is 1.78 bits per heavy atom. The highest BCUT2D eigenvalue weighted by molar-refractivity contribution is 14.0. The van der Waals surface area contributed by atoms with Crippen LogP contribution in [0.25, 0.3) is 0 Å². The van der Waals surface area contributed by atoms with Crippen molar-refractivity contribution in [1.29, 1.82) is 0 Å². The first-order chi connectivity index (χ1) is 12.2. The van der Waals surface area contributed by atoms with Crippen molar-refractivity contribution in [1.82, 2.24) is 20.9 Å². The van der Waals surface area contributed by atoms with E-state index in [0.29, 0.717) is 12.0 Å². The molecule has 1 rings (SSSR count). The van der Waals surface area contributed by atoms with Crippen LogP contribution >= 0.6 is 24.0 Å². The molecule has 7 heteroatoms. The normalized spacial score (nSPS) is 12.9. The fourth-order valence-electron chi connectivity index (χ4n) is 2.49. The van der Waals surface area contributed by atoms with E-state index in [9.17, 15) is 4.79 Å². The van der Waals surface area contributed by atoms with E-state index in [2.05, 4.69) is 64.2 Å². The largest absolute Gasteiger partial charge is 0.357 e. The fraction of sp³-hybridized carbons (Fsp3) is 0.600. The zero-order valence-electron chi connectivity index (χ0n) is 17.5. The second kappa shape index (κ2) is 12.9. The van der Waals surface area contributed by atoms with Gasteiger partial charge in [-0.1, -0.05) is 30.3 Å². The number of rotatable bonds is 8. The molecule has 0 aromatic heterocycles. The van der Waals surface area contributed by atoms with Crippen LogP contribution in [-0.4, -0.2) is 62.1 Å². The van der Waals surface area contributed by atoms with Gasteiger partial charge in [0, 0.05) is 24.7 Å². The summed E-state index contributed by atoms with van der Waals surface area (Å²) in [5, 5.41) is 9.48. The molecule has 0 bridgehead atoms. The molecule has 0 aliphatic rings. The van der Waals surface area contributed by atoms with E-state index in [-0.39, 0.29) is 42.0 Å². The molecule has 1 unspecified atom stereocenters. The van der Waals surface area contributed by atoms with Gasteiger partial charge >= 0.3 is 0 Å². The zero-order chi connectivity index (χ0) is 19.6. The van der Waals surface area contributed by atoms with Gasteiger partial charge in [-0.15, -0.1) is 24.0 Å². The van der Waals surface area contributed by atoms with E-state index in [0.717, 1.165) is 19.5 Å². The minimum Gasteiger partial charge on any atom is -0.357 e. The number of likely N-dealkylation sites (N-methyl/N-ethyl adjacent to an activating group) is 1. The molecule has 0 saturated heterocycles. The molecule has 154 valence electrons. The maximum atomic E-state index is 12.0. The Bertz CT molecular complexity index is 569. The molecule has 0 fully saturated rings. The Labute approximate surface area is 181 Å². The van der Waals surface area contributed by atoms with Gasteiger partial charge in [-0.3, -0.25) is 4.79 Å². The number of nitrogens with zero attached hydrogens (tertiary/aromatic N) is 2. The predicted octanol–water partition coefficient (Wildman–Crippen LogP) is 2.25. The quantitative estimate of drug-likeness (QED) is 0.298. The van der Waals surface area contributed by atoms with Gasteiger partial charge in [-0.05, 0) is 53.8 Å². The van der Waals surface area contributed by atoms with E-state index < -0.39 is 0 Å². The van der Waals surface area contributed by atoms with Crippen molar-refractivity contribution in [3.63, 3.8) is 0 Å². The Morgan fingerprint density at radius 1 is 1.15 bits per heavy atom. The van der Waals surface area contributed by atoms with Crippen LogP contribution < -0.4 is 16.0 Å². The average molecular weight is 489 g/mol. The average Bonchev–Trinajstić information content (AvgIpc) is 2.55. The van der Waals surface area contributed by atoms with Crippen LogP contribution in [0.15, 0.2) is 35.3 Å². The molecule has 0 aliphatic carbocycles. The second-order valence-electron chi connectivity index (χ2n) is 7.68. The summed E-state index contributed by atoms with van der Waals surface area (Å²) in [6.07, 6.45) is 0.949. The number of carbonyl (C=O) groups is 1. The zero-order valence-corrected chi connectivity index (χ0v) is 19.8. The maximum absolute atomic E-state index is 12.0. The molecule has 0 aliphatic heterocycles. The SMILES string of the molecule is CCNC(=NCC(=O)NC(C)(C)C)NCC(Cc1ccccc1)N(C)C.I. The first-order valence-electron chi connectivity index (χ1n) is 9.25. The van der Waals surface area contributed by atoms with E-state index in [1.807, 2.05) is 33.8 Å². The molecule has 1 atom stereocenters. The number of halogens is 1. The highest BCUT2D eigenvalue weighted by Gasteiger charge is 2.15. The summed E-state index contributed by atoms with van der Waals surface area (Å²) in [5.74, 6) is 0.583. The summed E-state index contributed by atoms with van der Waals surface area (Å²) in [6, 6.07) is 10.8. The summed E-state index contributed by atoms with van der Waals surface area (Å²) in [5.41, 5.74) is 1.06. The van der Waals surface area contributed by atoms with Crippen molar-refractivity contribution >= 4 is 35.8 Å². The summed E-state index contributed by atoms with van der Waals surface area (Å²) in [6.45, 7) is 9.50. The van der Waals surface area contributed by atoms with Gasteiger partial charge in [0.05, 0.1) is 0 Å². The number of hydrogen-bond acceptors (Lipinski definition) is 3. The summed E-state index contributed by atoms with van der Waals surface area (Å²) in [4.78, 5) is 18.6. The van der Waals surface area contributed by atoms with Crippen LogP contribution in [0.3, 0.4) is 0 Å². The topological polar surface area (TPSA) is 68.8 Å². The number of guanidine groups is 1. The predicted molar refractivity (Wildman–Crippen MR) is 125 cm³/mol. The molecule has 0 radical (unpaired) electrons. The van der Waals surface area contributed by atoms with Crippen molar-refractivity contribution in [2.75, 3.05) is 33.7 Å². The van der Waals surface area contributed by atoms with Crippen molar-refractivity contribution in [3.05, 3.63) is 35.9 Å². The van der Waals surface area contributed by atoms with Crippen LogP contribution in [-0.2, 0) is 11.2 Å². The van der Waals surface area contributed by atoms with Crippen LogP contribution in [0.2, 0.25) is 0 Å². The van der Waals surface area contributed by atoms with E-state index in [1.165, 1.54) is 5.56 Å². The lowest BCUT2D eigenvalue weighted by Crippen LogP contribution is -2.47. The molecular formula is C20H36IN5O. The molecule has 0 heterocycles. The Morgan fingerprint density at radius 3 is 2.30 bits per heavy atom. The maximum Gasteiger partial charge on any atom is 0.242 e. The van der Waals surface area contributed by atoms with Crippen LogP contribution in [0, 0.1) is 0 Å². The van der Waals surface area contributed by atoms with E-state index in [1.54, 1.807) is 0 Å². The number of hydrogen-bond donors (Lipinski definition) is 3.